The van der Waals surface area contributed by atoms with Crippen molar-refractivity contribution in [2.24, 2.45) is 0 Å². The van der Waals surface area contributed by atoms with Crippen LogP contribution in [-0.4, -0.2) is 6.18 Å². The topological polar surface area (TPSA) is 0 Å². The SMILES string of the molecule is C=C(Cl)/C(=C\C(=C)C(F)(F)F)CC. The van der Waals surface area contributed by atoms with Crippen molar-refractivity contribution in [2.45, 2.75) is 19.5 Å². The maximum atomic E-state index is 12.0. The second-order valence-corrected chi connectivity index (χ2v) is 2.91. The third-order valence-electron chi connectivity index (χ3n) is 1.44. The molecule has 0 nitrogen and oxygen atoms in total. The molecule has 74 valence electrons. The average Bonchev–Trinajstić information content (AvgIpc) is 1.96. The van der Waals surface area contributed by atoms with Gasteiger partial charge in [0.1, 0.15) is 0 Å². The van der Waals surface area contributed by atoms with E-state index in [1.54, 1.807) is 6.92 Å². The minimum Gasteiger partial charge on any atom is -0.166 e. The van der Waals surface area contributed by atoms with Gasteiger partial charge in [-0.15, -0.1) is 0 Å². The van der Waals surface area contributed by atoms with Gasteiger partial charge in [-0.1, -0.05) is 31.7 Å². The second-order valence-electron chi connectivity index (χ2n) is 2.45. The van der Waals surface area contributed by atoms with E-state index >= 15 is 0 Å². The van der Waals surface area contributed by atoms with E-state index in [1.807, 2.05) is 0 Å². The molecule has 0 N–H and O–H groups in total. The smallest absolute Gasteiger partial charge is 0.166 e. The van der Waals surface area contributed by atoms with Crippen molar-refractivity contribution in [3.8, 4) is 0 Å². The first kappa shape index (κ1) is 12.3. The van der Waals surface area contributed by atoms with Gasteiger partial charge in [0.05, 0.1) is 0 Å². The molecule has 0 heterocycles. The van der Waals surface area contributed by atoms with E-state index in [9.17, 15) is 13.2 Å². The van der Waals surface area contributed by atoms with E-state index in [0.29, 0.717) is 12.0 Å². The fourth-order valence-corrected chi connectivity index (χ4v) is 0.853. The molecule has 0 spiro atoms. The number of allylic oxidation sites excluding steroid dienone is 4. The van der Waals surface area contributed by atoms with Crippen LogP contribution in [0, 0.1) is 0 Å². The number of hydrogen-bond donors (Lipinski definition) is 0. The highest BCUT2D eigenvalue weighted by atomic mass is 35.5. The summed E-state index contributed by atoms with van der Waals surface area (Å²) in [6.07, 6.45) is -3.08. The quantitative estimate of drug-likeness (QED) is 0.613. The first-order chi connectivity index (χ1) is 5.79. The molecule has 0 fully saturated rings. The summed E-state index contributed by atoms with van der Waals surface area (Å²) >= 11 is 5.47. The van der Waals surface area contributed by atoms with Crippen LogP contribution >= 0.6 is 11.6 Å². The van der Waals surface area contributed by atoms with E-state index in [2.05, 4.69) is 13.2 Å². The second kappa shape index (κ2) is 4.51. The normalized spacial score (nSPS) is 12.8. The van der Waals surface area contributed by atoms with Gasteiger partial charge in [-0.3, -0.25) is 0 Å². The molecule has 0 aromatic rings. The molecule has 0 aromatic carbocycles. The Labute approximate surface area is 80.4 Å². The van der Waals surface area contributed by atoms with Crippen molar-refractivity contribution in [3.63, 3.8) is 0 Å². The maximum Gasteiger partial charge on any atom is 0.415 e. The lowest BCUT2D eigenvalue weighted by molar-refractivity contribution is -0.0878. The molecule has 0 aliphatic rings. The Balaban J connectivity index is 4.73. The lowest BCUT2D eigenvalue weighted by atomic mass is 10.1. The van der Waals surface area contributed by atoms with Gasteiger partial charge in [-0.2, -0.15) is 13.2 Å². The Kier molecular flexibility index (Phi) is 4.27. The summed E-state index contributed by atoms with van der Waals surface area (Å²) < 4.78 is 36.0. The van der Waals surface area contributed by atoms with E-state index < -0.39 is 11.7 Å². The van der Waals surface area contributed by atoms with Crippen LogP contribution in [0.25, 0.3) is 0 Å². The Bertz CT molecular complexity index is 248. The summed E-state index contributed by atoms with van der Waals surface area (Å²) in [5.41, 5.74) is -0.560. The number of halogens is 4. The number of alkyl halides is 3. The Morgan fingerprint density at radius 1 is 1.38 bits per heavy atom. The molecule has 0 rings (SSSR count). The zero-order valence-electron chi connectivity index (χ0n) is 7.21. The van der Waals surface area contributed by atoms with Gasteiger partial charge in [0.25, 0.3) is 0 Å². The van der Waals surface area contributed by atoms with Gasteiger partial charge in [0, 0.05) is 10.6 Å². The molecule has 0 saturated carbocycles. The van der Waals surface area contributed by atoms with Crippen molar-refractivity contribution < 1.29 is 13.2 Å². The highest BCUT2D eigenvalue weighted by Gasteiger charge is 2.30. The van der Waals surface area contributed by atoms with Crippen LogP contribution < -0.4 is 0 Å². The van der Waals surface area contributed by atoms with Crippen LogP contribution in [0.4, 0.5) is 13.2 Å². The molecule has 0 aliphatic heterocycles. The van der Waals surface area contributed by atoms with Gasteiger partial charge in [-0.05, 0) is 18.1 Å². The fraction of sp³-hybridized carbons (Fsp3) is 0.333. The van der Waals surface area contributed by atoms with Crippen LogP contribution in [0.5, 0.6) is 0 Å². The molecule has 0 unspecified atom stereocenters. The lowest BCUT2D eigenvalue weighted by Crippen LogP contribution is -2.09. The van der Waals surface area contributed by atoms with Gasteiger partial charge in [0.15, 0.2) is 0 Å². The van der Waals surface area contributed by atoms with Crippen LogP contribution in [0.2, 0.25) is 0 Å². The Hall–Kier alpha value is -0.700. The molecule has 13 heavy (non-hydrogen) atoms. The largest absolute Gasteiger partial charge is 0.415 e. The van der Waals surface area contributed by atoms with Gasteiger partial charge in [0.2, 0.25) is 0 Å². The van der Waals surface area contributed by atoms with Crippen LogP contribution in [0.3, 0.4) is 0 Å². The van der Waals surface area contributed by atoms with Gasteiger partial charge < -0.3 is 0 Å². The highest BCUT2D eigenvalue weighted by Crippen LogP contribution is 2.28. The first-order valence-corrected chi connectivity index (χ1v) is 3.98. The fourth-order valence-electron chi connectivity index (χ4n) is 0.664. The summed E-state index contributed by atoms with van der Waals surface area (Å²) in [5.74, 6) is 0. The zero-order valence-corrected chi connectivity index (χ0v) is 7.97. The third-order valence-corrected chi connectivity index (χ3v) is 1.68. The Morgan fingerprint density at radius 3 is 2.08 bits per heavy atom. The molecule has 0 saturated heterocycles. The molecule has 0 bridgehead atoms. The molecule has 0 aliphatic carbocycles. The Morgan fingerprint density at radius 2 is 1.85 bits per heavy atom. The zero-order chi connectivity index (χ0) is 10.6. The molecule has 0 atom stereocenters. The number of hydrogen-bond acceptors (Lipinski definition) is 0. The summed E-state index contributed by atoms with van der Waals surface area (Å²) in [6, 6.07) is 0. The van der Waals surface area contributed by atoms with Crippen molar-refractivity contribution in [2.75, 3.05) is 0 Å². The highest BCUT2D eigenvalue weighted by molar-refractivity contribution is 6.31. The van der Waals surface area contributed by atoms with Crippen LogP contribution in [-0.2, 0) is 0 Å². The molecular formula is C9H10ClF3. The molecule has 0 aromatic heterocycles. The van der Waals surface area contributed by atoms with Gasteiger partial charge >= 0.3 is 6.18 Å². The predicted molar refractivity (Wildman–Crippen MR) is 48.6 cm³/mol. The standard InChI is InChI=1S/C9H10ClF3/c1-4-8(7(3)10)5-6(2)9(11,12)13/h5H,2-4H2,1H3/b8-5-. The van der Waals surface area contributed by atoms with E-state index in [0.717, 1.165) is 6.08 Å². The van der Waals surface area contributed by atoms with E-state index in [-0.39, 0.29) is 5.03 Å². The molecule has 0 amide bonds. The summed E-state index contributed by atoms with van der Waals surface area (Å²) in [6.45, 7) is 7.94. The monoisotopic (exact) mass is 210 g/mol. The predicted octanol–water partition coefficient (Wildman–Crippen LogP) is 4.19. The van der Waals surface area contributed by atoms with Crippen LogP contribution in [0.15, 0.2) is 35.4 Å². The minimum absolute atomic E-state index is 0.118. The van der Waals surface area contributed by atoms with Gasteiger partial charge in [-0.25, -0.2) is 0 Å². The summed E-state index contributed by atoms with van der Waals surface area (Å²) in [7, 11) is 0. The van der Waals surface area contributed by atoms with E-state index in [4.69, 9.17) is 11.6 Å². The van der Waals surface area contributed by atoms with Crippen molar-refractivity contribution in [3.05, 3.63) is 35.4 Å². The summed E-state index contributed by atoms with van der Waals surface area (Å²) in [4.78, 5) is 0. The average molecular weight is 211 g/mol. The lowest BCUT2D eigenvalue weighted by Gasteiger charge is -2.07. The maximum absolute atomic E-state index is 12.0. The molecular weight excluding hydrogens is 201 g/mol. The first-order valence-electron chi connectivity index (χ1n) is 3.60. The van der Waals surface area contributed by atoms with Crippen LogP contribution in [0.1, 0.15) is 13.3 Å². The van der Waals surface area contributed by atoms with Crippen molar-refractivity contribution in [1.82, 2.24) is 0 Å². The van der Waals surface area contributed by atoms with Crippen molar-refractivity contribution in [1.29, 1.82) is 0 Å². The number of rotatable bonds is 3. The summed E-state index contributed by atoms with van der Waals surface area (Å²) in [5, 5.41) is 0.118. The minimum atomic E-state index is -4.40. The molecule has 4 heteroatoms. The third kappa shape index (κ3) is 4.18. The van der Waals surface area contributed by atoms with Crippen molar-refractivity contribution >= 4 is 11.6 Å². The van der Waals surface area contributed by atoms with E-state index in [1.165, 1.54) is 0 Å². The molecule has 0 radical (unpaired) electrons.